The highest BCUT2D eigenvalue weighted by Gasteiger charge is 2.25. The van der Waals surface area contributed by atoms with E-state index in [0.717, 1.165) is 28.1 Å². The number of carbonyl (C=O) groups excluding carboxylic acids is 2. The van der Waals surface area contributed by atoms with Crippen LogP contribution in [0, 0.1) is 11.8 Å². The van der Waals surface area contributed by atoms with Crippen LogP contribution in [0.4, 0.5) is 0 Å². The summed E-state index contributed by atoms with van der Waals surface area (Å²) in [6.07, 6.45) is 0.737. The molecule has 0 saturated carbocycles. The number of carbonyl (C=O) groups is 2. The third-order valence-corrected chi connectivity index (χ3v) is 5.02. The van der Waals surface area contributed by atoms with Gasteiger partial charge in [-0.1, -0.05) is 77.1 Å². The quantitative estimate of drug-likeness (QED) is 0.347. The average molecular weight is 407 g/mol. The largest absolute Gasteiger partial charge is 0.462 e. The molecule has 0 heterocycles. The fourth-order valence-electron chi connectivity index (χ4n) is 3.66. The predicted octanol–water partition coefficient (Wildman–Crippen LogP) is 6.18. The van der Waals surface area contributed by atoms with Crippen molar-refractivity contribution in [3.8, 4) is 0 Å². The van der Waals surface area contributed by atoms with Gasteiger partial charge >= 0.3 is 11.9 Å². The van der Waals surface area contributed by atoms with Crippen LogP contribution >= 0.6 is 0 Å². The van der Waals surface area contributed by atoms with Gasteiger partial charge in [0, 0.05) is 5.39 Å². The maximum absolute atomic E-state index is 13.2. The molecule has 0 amide bonds. The zero-order valence-electron chi connectivity index (χ0n) is 18.5. The Kier molecular flexibility index (Phi) is 6.76. The Labute approximate surface area is 178 Å². The summed E-state index contributed by atoms with van der Waals surface area (Å²) in [6.45, 7) is 10.8. The van der Waals surface area contributed by atoms with Crippen LogP contribution in [0.15, 0.2) is 42.5 Å². The third-order valence-electron chi connectivity index (χ3n) is 5.02. The molecule has 4 nitrogen and oxygen atoms in total. The molecule has 0 aromatic heterocycles. The summed E-state index contributed by atoms with van der Waals surface area (Å²) in [6, 6.07) is 13.3. The molecule has 0 atom stereocenters. The normalized spacial score (nSPS) is 11.4. The lowest BCUT2D eigenvalue weighted by Crippen LogP contribution is -2.15. The molecular formula is C26H30O4. The second-order valence-corrected chi connectivity index (χ2v) is 8.47. The molecule has 3 aromatic rings. The van der Waals surface area contributed by atoms with Crippen LogP contribution in [0.25, 0.3) is 21.5 Å². The average Bonchev–Trinajstić information content (AvgIpc) is 2.73. The maximum atomic E-state index is 13.2. The van der Waals surface area contributed by atoms with Gasteiger partial charge in [0.25, 0.3) is 0 Å². The van der Waals surface area contributed by atoms with E-state index in [2.05, 4.69) is 0 Å². The van der Waals surface area contributed by atoms with Crippen molar-refractivity contribution in [2.45, 2.75) is 41.0 Å². The number of aryl methyl sites for hydroxylation is 1. The van der Waals surface area contributed by atoms with E-state index in [-0.39, 0.29) is 23.8 Å². The summed E-state index contributed by atoms with van der Waals surface area (Å²) < 4.78 is 11.2. The Hall–Kier alpha value is -2.88. The Morgan fingerprint density at radius 3 is 1.77 bits per heavy atom. The minimum absolute atomic E-state index is 0.238. The summed E-state index contributed by atoms with van der Waals surface area (Å²) in [4.78, 5) is 26.3. The molecule has 0 unspecified atom stereocenters. The van der Waals surface area contributed by atoms with Gasteiger partial charge in [0.2, 0.25) is 0 Å². The Morgan fingerprint density at radius 2 is 1.23 bits per heavy atom. The van der Waals surface area contributed by atoms with Crippen LogP contribution in [-0.4, -0.2) is 25.2 Å². The minimum Gasteiger partial charge on any atom is -0.462 e. The van der Waals surface area contributed by atoms with E-state index >= 15 is 0 Å². The van der Waals surface area contributed by atoms with Crippen LogP contribution in [0.1, 0.15) is 60.9 Å². The number of rotatable bonds is 7. The van der Waals surface area contributed by atoms with Gasteiger partial charge in [0.1, 0.15) is 0 Å². The molecule has 0 bridgehead atoms. The van der Waals surface area contributed by atoms with Crippen molar-refractivity contribution in [1.29, 1.82) is 0 Å². The zero-order chi connectivity index (χ0) is 21.8. The van der Waals surface area contributed by atoms with Crippen molar-refractivity contribution in [2.24, 2.45) is 11.8 Å². The summed E-state index contributed by atoms with van der Waals surface area (Å²) in [5.41, 5.74) is 2.05. The van der Waals surface area contributed by atoms with E-state index < -0.39 is 0 Å². The van der Waals surface area contributed by atoms with Crippen LogP contribution < -0.4 is 0 Å². The molecule has 0 N–H and O–H groups in total. The molecule has 0 fully saturated rings. The predicted molar refractivity (Wildman–Crippen MR) is 121 cm³/mol. The van der Waals surface area contributed by atoms with Crippen LogP contribution in [0.3, 0.4) is 0 Å². The first kappa shape index (κ1) is 21.8. The molecule has 3 aromatic carbocycles. The van der Waals surface area contributed by atoms with E-state index in [0.29, 0.717) is 29.7 Å². The lowest BCUT2D eigenvalue weighted by atomic mass is 9.88. The van der Waals surface area contributed by atoms with Gasteiger partial charge in [-0.25, -0.2) is 9.59 Å². The maximum Gasteiger partial charge on any atom is 0.339 e. The van der Waals surface area contributed by atoms with E-state index in [1.54, 1.807) is 0 Å². The van der Waals surface area contributed by atoms with Crippen molar-refractivity contribution >= 4 is 33.5 Å². The second-order valence-electron chi connectivity index (χ2n) is 8.47. The molecule has 30 heavy (non-hydrogen) atoms. The molecule has 0 spiro atoms. The van der Waals surface area contributed by atoms with Crippen LogP contribution in [-0.2, 0) is 15.9 Å². The molecule has 4 heteroatoms. The van der Waals surface area contributed by atoms with Crippen LogP contribution in [0.2, 0.25) is 0 Å². The first-order valence-corrected chi connectivity index (χ1v) is 10.7. The van der Waals surface area contributed by atoms with E-state index in [4.69, 9.17) is 9.47 Å². The van der Waals surface area contributed by atoms with Gasteiger partial charge in [0.15, 0.2) is 0 Å². The second kappa shape index (κ2) is 9.29. The number of hydrogen-bond acceptors (Lipinski definition) is 4. The Morgan fingerprint density at radius 1 is 0.733 bits per heavy atom. The van der Waals surface area contributed by atoms with Gasteiger partial charge in [-0.2, -0.15) is 0 Å². The number of benzene rings is 3. The first-order valence-electron chi connectivity index (χ1n) is 10.7. The number of ether oxygens (including phenoxy) is 2. The molecule has 0 aliphatic rings. The Balaban J connectivity index is 2.34. The SMILES string of the molecule is CCc1cccc2c(C(=O)OCC(C)C)c3ccccc3c(C(=O)OCC(C)C)c12. The lowest BCUT2D eigenvalue weighted by Gasteiger charge is -2.18. The van der Waals surface area contributed by atoms with Crippen molar-refractivity contribution in [3.63, 3.8) is 0 Å². The monoisotopic (exact) mass is 406 g/mol. The van der Waals surface area contributed by atoms with Gasteiger partial charge in [-0.15, -0.1) is 0 Å². The van der Waals surface area contributed by atoms with Gasteiger partial charge in [-0.3, -0.25) is 0 Å². The summed E-state index contributed by atoms with van der Waals surface area (Å²) in [5, 5.41) is 2.95. The number of fused-ring (bicyclic) bond motifs is 2. The molecule has 0 saturated heterocycles. The highest BCUT2D eigenvalue weighted by atomic mass is 16.5. The van der Waals surface area contributed by atoms with E-state index in [1.165, 1.54) is 0 Å². The smallest absolute Gasteiger partial charge is 0.339 e. The summed E-state index contributed by atoms with van der Waals surface area (Å²) in [5.74, 6) is -0.237. The lowest BCUT2D eigenvalue weighted by molar-refractivity contribution is 0.0452. The number of esters is 2. The highest BCUT2D eigenvalue weighted by Crippen LogP contribution is 2.36. The van der Waals surface area contributed by atoms with Gasteiger partial charge < -0.3 is 9.47 Å². The fraction of sp³-hybridized carbons (Fsp3) is 0.385. The fourth-order valence-corrected chi connectivity index (χ4v) is 3.66. The van der Waals surface area contributed by atoms with Crippen molar-refractivity contribution in [2.75, 3.05) is 13.2 Å². The standard InChI is InChI=1S/C26H30O4/c1-6-18-10-9-13-21-22(18)24(26(28)30-15-17(4)5)20-12-8-7-11-19(20)23(21)25(27)29-14-16(2)3/h7-13,16-17H,6,14-15H2,1-5H3. The topological polar surface area (TPSA) is 52.6 Å². The van der Waals surface area contributed by atoms with E-state index in [9.17, 15) is 9.59 Å². The Bertz CT molecular complexity index is 1080. The first-order chi connectivity index (χ1) is 14.3. The molecule has 158 valence electrons. The van der Waals surface area contributed by atoms with Gasteiger partial charge in [-0.05, 0) is 40.0 Å². The highest BCUT2D eigenvalue weighted by molar-refractivity contribution is 6.25. The van der Waals surface area contributed by atoms with Crippen molar-refractivity contribution < 1.29 is 19.1 Å². The third kappa shape index (κ3) is 4.33. The van der Waals surface area contributed by atoms with Crippen molar-refractivity contribution in [3.05, 3.63) is 59.2 Å². The van der Waals surface area contributed by atoms with Crippen molar-refractivity contribution in [1.82, 2.24) is 0 Å². The molecule has 0 radical (unpaired) electrons. The molecule has 3 rings (SSSR count). The van der Waals surface area contributed by atoms with E-state index in [1.807, 2.05) is 77.1 Å². The molecular weight excluding hydrogens is 376 g/mol. The van der Waals surface area contributed by atoms with Crippen LogP contribution in [0.5, 0.6) is 0 Å². The number of hydrogen-bond donors (Lipinski definition) is 0. The summed E-state index contributed by atoms with van der Waals surface area (Å²) >= 11 is 0. The minimum atomic E-state index is -0.361. The molecule has 0 aliphatic heterocycles. The summed E-state index contributed by atoms with van der Waals surface area (Å²) in [7, 11) is 0. The zero-order valence-corrected chi connectivity index (χ0v) is 18.5. The van der Waals surface area contributed by atoms with Gasteiger partial charge in [0.05, 0.1) is 24.3 Å². The molecule has 0 aliphatic carbocycles.